The van der Waals surface area contributed by atoms with Gasteiger partial charge in [-0.05, 0) is 31.5 Å². The molecule has 0 radical (unpaired) electrons. The van der Waals surface area contributed by atoms with Gasteiger partial charge in [-0.3, -0.25) is 10.1 Å². The third kappa shape index (κ3) is 4.16. The number of nitro benzene ring substituents is 1. The lowest BCUT2D eigenvalue weighted by Crippen LogP contribution is -2.02. The predicted molar refractivity (Wildman–Crippen MR) is 83.6 cm³/mol. The zero-order chi connectivity index (χ0) is 15.2. The van der Waals surface area contributed by atoms with Gasteiger partial charge in [-0.25, -0.2) is 9.97 Å². The number of anilines is 1. The van der Waals surface area contributed by atoms with E-state index in [1.165, 1.54) is 17.8 Å². The van der Waals surface area contributed by atoms with Crippen molar-refractivity contribution < 1.29 is 4.92 Å². The first-order valence-electron chi connectivity index (χ1n) is 6.53. The number of benzene rings is 1. The summed E-state index contributed by atoms with van der Waals surface area (Å²) in [6.45, 7) is 4.46. The first-order valence-corrected chi connectivity index (χ1v) is 7.52. The van der Waals surface area contributed by atoms with Gasteiger partial charge in [-0.1, -0.05) is 17.8 Å². The smallest absolute Gasteiger partial charge is 0.292 e. The van der Waals surface area contributed by atoms with Crippen LogP contribution in [-0.2, 0) is 5.75 Å². The fourth-order valence-corrected chi connectivity index (χ4v) is 2.63. The second-order valence-electron chi connectivity index (χ2n) is 4.41. The number of nitrogens with zero attached hydrogens (tertiary/aromatic N) is 3. The summed E-state index contributed by atoms with van der Waals surface area (Å²) in [5.74, 6) is 0.667. The van der Waals surface area contributed by atoms with Crippen LogP contribution < -0.4 is 5.32 Å². The van der Waals surface area contributed by atoms with E-state index >= 15 is 0 Å². The highest BCUT2D eigenvalue weighted by Crippen LogP contribution is 2.28. The van der Waals surface area contributed by atoms with E-state index in [0.29, 0.717) is 23.1 Å². The molecular weight excluding hydrogens is 288 g/mol. The van der Waals surface area contributed by atoms with E-state index in [-0.39, 0.29) is 10.6 Å². The minimum absolute atomic E-state index is 0.0948. The van der Waals surface area contributed by atoms with Crippen molar-refractivity contribution in [3.05, 3.63) is 51.8 Å². The van der Waals surface area contributed by atoms with Crippen molar-refractivity contribution >= 4 is 23.1 Å². The molecule has 21 heavy (non-hydrogen) atoms. The molecule has 2 rings (SSSR count). The number of nitro groups is 1. The predicted octanol–water partition coefficient (Wildman–Crippen LogP) is 3.42. The Morgan fingerprint density at radius 2 is 2.19 bits per heavy atom. The molecule has 0 atom stereocenters. The lowest BCUT2D eigenvalue weighted by atomic mass is 10.2. The van der Waals surface area contributed by atoms with E-state index in [9.17, 15) is 10.1 Å². The molecule has 0 aliphatic rings. The van der Waals surface area contributed by atoms with Crippen LogP contribution in [0.25, 0.3) is 0 Å². The summed E-state index contributed by atoms with van der Waals surface area (Å²) < 4.78 is 0. The Labute approximate surface area is 127 Å². The van der Waals surface area contributed by atoms with E-state index in [2.05, 4.69) is 15.3 Å². The summed E-state index contributed by atoms with van der Waals surface area (Å²) in [6, 6.07) is 6.95. The lowest BCUT2D eigenvalue weighted by molar-refractivity contribution is -0.384. The number of thioether (sulfide) groups is 1. The largest absolute Gasteiger partial charge is 0.380 e. The molecule has 1 N–H and O–H groups in total. The van der Waals surface area contributed by atoms with Crippen LogP contribution in [0.2, 0.25) is 0 Å². The maximum absolute atomic E-state index is 11.0. The molecule has 7 heteroatoms. The van der Waals surface area contributed by atoms with Gasteiger partial charge in [0.25, 0.3) is 5.69 Å². The quantitative estimate of drug-likeness (QED) is 0.381. The maximum atomic E-state index is 11.0. The van der Waals surface area contributed by atoms with Gasteiger partial charge in [0, 0.05) is 30.3 Å². The zero-order valence-electron chi connectivity index (χ0n) is 11.9. The van der Waals surface area contributed by atoms with Gasteiger partial charge in [0.15, 0.2) is 5.16 Å². The van der Waals surface area contributed by atoms with Crippen molar-refractivity contribution in [2.75, 3.05) is 11.9 Å². The summed E-state index contributed by atoms with van der Waals surface area (Å²) in [6.07, 6.45) is 1.73. The third-order valence-electron chi connectivity index (χ3n) is 2.77. The Morgan fingerprint density at radius 3 is 2.86 bits per heavy atom. The van der Waals surface area contributed by atoms with Crippen LogP contribution in [0.5, 0.6) is 0 Å². The normalized spacial score (nSPS) is 10.4. The average molecular weight is 304 g/mol. The van der Waals surface area contributed by atoms with Crippen LogP contribution in [0.1, 0.15) is 18.2 Å². The average Bonchev–Trinajstić information content (AvgIpc) is 2.45. The molecule has 1 aromatic heterocycles. The number of aryl methyl sites for hydroxylation is 1. The molecule has 1 aromatic carbocycles. The molecule has 0 spiro atoms. The Balaban J connectivity index is 2.13. The van der Waals surface area contributed by atoms with Gasteiger partial charge in [-0.15, -0.1) is 0 Å². The number of nitrogens with one attached hydrogen (secondary N) is 1. The first-order chi connectivity index (χ1) is 10.1. The van der Waals surface area contributed by atoms with E-state index in [0.717, 1.165) is 11.3 Å². The van der Waals surface area contributed by atoms with Crippen LogP contribution in [-0.4, -0.2) is 21.4 Å². The third-order valence-corrected chi connectivity index (χ3v) is 3.70. The maximum Gasteiger partial charge on any atom is 0.292 e. The van der Waals surface area contributed by atoms with E-state index in [1.807, 2.05) is 26.0 Å². The molecule has 110 valence electrons. The van der Waals surface area contributed by atoms with Crippen molar-refractivity contribution in [1.82, 2.24) is 9.97 Å². The number of hydrogen-bond donors (Lipinski definition) is 1. The van der Waals surface area contributed by atoms with E-state index < -0.39 is 0 Å². The van der Waals surface area contributed by atoms with Crippen LogP contribution in [0.15, 0.2) is 35.6 Å². The van der Waals surface area contributed by atoms with Crippen molar-refractivity contribution in [1.29, 1.82) is 0 Å². The van der Waals surface area contributed by atoms with Gasteiger partial charge in [0.1, 0.15) is 5.69 Å². The molecule has 2 aromatic rings. The highest BCUT2D eigenvalue weighted by atomic mass is 32.2. The second kappa shape index (κ2) is 7.03. The Hall–Kier alpha value is -2.15. The Kier molecular flexibility index (Phi) is 5.10. The summed E-state index contributed by atoms with van der Waals surface area (Å²) >= 11 is 1.51. The number of hydrogen-bond acceptors (Lipinski definition) is 6. The molecule has 0 bridgehead atoms. The minimum Gasteiger partial charge on any atom is -0.380 e. The van der Waals surface area contributed by atoms with Crippen molar-refractivity contribution in [2.24, 2.45) is 0 Å². The van der Waals surface area contributed by atoms with Gasteiger partial charge in [0.05, 0.1) is 4.92 Å². The Morgan fingerprint density at radius 1 is 1.38 bits per heavy atom. The molecule has 0 saturated carbocycles. The van der Waals surface area contributed by atoms with Gasteiger partial charge in [-0.2, -0.15) is 0 Å². The van der Waals surface area contributed by atoms with Crippen LogP contribution >= 0.6 is 11.8 Å². The molecule has 0 fully saturated rings. The fraction of sp³-hybridized carbons (Fsp3) is 0.286. The number of rotatable bonds is 6. The van der Waals surface area contributed by atoms with Crippen LogP contribution in [0, 0.1) is 17.0 Å². The van der Waals surface area contributed by atoms with Gasteiger partial charge in [0.2, 0.25) is 0 Å². The minimum atomic E-state index is -0.376. The van der Waals surface area contributed by atoms with E-state index in [4.69, 9.17) is 0 Å². The summed E-state index contributed by atoms with van der Waals surface area (Å²) in [4.78, 5) is 19.1. The molecule has 0 saturated heterocycles. The molecular formula is C14H16N4O2S. The monoisotopic (exact) mass is 304 g/mol. The van der Waals surface area contributed by atoms with Crippen molar-refractivity contribution in [2.45, 2.75) is 24.8 Å². The standard InChI is InChI=1S/C14H16N4O2S/c1-3-15-12-8-11(4-5-13(12)18(19)20)9-21-14-16-7-6-10(2)17-14/h4-8,15H,3,9H2,1-2H3. The molecule has 6 nitrogen and oxygen atoms in total. The number of aromatic nitrogens is 2. The van der Waals surface area contributed by atoms with Gasteiger partial charge >= 0.3 is 0 Å². The Bertz CT molecular complexity index is 649. The van der Waals surface area contributed by atoms with Crippen molar-refractivity contribution in [3.8, 4) is 0 Å². The fourth-order valence-electron chi connectivity index (χ4n) is 1.81. The zero-order valence-corrected chi connectivity index (χ0v) is 12.7. The highest BCUT2D eigenvalue weighted by molar-refractivity contribution is 7.98. The first kappa shape index (κ1) is 15.2. The second-order valence-corrected chi connectivity index (χ2v) is 5.35. The molecule has 0 aliphatic carbocycles. The summed E-state index contributed by atoms with van der Waals surface area (Å²) in [5, 5.41) is 14.7. The molecule has 0 amide bonds. The molecule has 0 unspecified atom stereocenters. The summed E-state index contributed by atoms with van der Waals surface area (Å²) in [7, 11) is 0. The van der Waals surface area contributed by atoms with Crippen molar-refractivity contribution in [3.63, 3.8) is 0 Å². The molecule has 0 aliphatic heterocycles. The SMILES string of the molecule is CCNc1cc(CSc2nccc(C)n2)ccc1[N+](=O)[O-]. The lowest BCUT2D eigenvalue weighted by Gasteiger charge is -2.07. The highest BCUT2D eigenvalue weighted by Gasteiger charge is 2.13. The topological polar surface area (TPSA) is 81.0 Å². The van der Waals surface area contributed by atoms with E-state index in [1.54, 1.807) is 12.3 Å². The van der Waals surface area contributed by atoms with Crippen LogP contribution in [0.3, 0.4) is 0 Å². The molecule has 1 heterocycles. The van der Waals surface area contributed by atoms with Gasteiger partial charge < -0.3 is 5.32 Å². The van der Waals surface area contributed by atoms with Crippen LogP contribution in [0.4, 0.5) is 11.4 Å². The summed E-state index contributed by atoms with van der Waals surface area (Å²) in [5.41, 5.74) is 2.55.